The van der Waals surface area contributed by atoms with Gasteiger partial charge in [0.2, 0.25) is 5.91 Å². The van der Waals surface area contributed by atoms with Crippen LogP contribution in [0.25, 0.3) is 0 Å². The van der Waals surface area contributed by atoms with Crippen LogP contribution >= 0.6 is 15.9 Å². The molecule has 0 fully saturated rings. The van der Waals surface area contributed by atoms with Gasteiger partial charge < -0.3 is 10.1 Å². The van der Waals surface area contributed by atoms with Crippen molar-refractivity contribution in [3.05, 3.63) is 28.2 Å². The Balaban J connectivity index is 2.57. The Labute approximate surface area is 106 Å². The van der Waals surface area contributed by atoms with E-state index in [1.54, 1.807) is 18.2 Å². The quantitative estimate of drug-likeness (QED) is 0.796. The van der Waals surface area contributed by atoms with Crippen molar-refractivity contribution in [3.63, 3.8) is 0 Å². The molecule has 0 unspecified atom stereocenters. The molecule has 1 heterocycles. The second kappa shape index (κ2) is 4.67. The van der Waals surface area contributed by atoms with E-state index in [4.69, 9.17) is 0 Å². The molecule has 0 bridgehead atoms. The zero-order chi connectivity index (χ0) is 12.4. The third kappa shape index (κ3) is 2.36. The number of carbonyl (C=O) groups is 2. The number of nitrogens with one attached hydrogen (secondary N) is 1. The van der Waals surface area contributed by atoms with E-state index < -0.39 is 5.97 Å². The van der Waals surface area contributed by atoms with Crippen LogP contribution < -0.4 is 5.32 Å². The van der Waals surface area contributed by atoms with Crippen LogP contribution in [-0.4, -0.2) is 31.2 Å². The molecule has 0 saturated heterocycles. The van der Waals surface area contributed by atoms with E-state index in [0.717, 1.165) is 4.47 Å². The van der Waals surface area contributed by atoms with Crippen molar-refractivity contribution in [1.82, 2.24) is 0 Å². The summed E-state index contributed by atoms with van der Waals surface area (Å²) in [6, 6.07) is 5.21. The van der Waals surface area contributed by atoms with Crippen LogP contribution in [0.15, 0.2) is 27.7 Å². The molecule has 0 aliphatic carbocycles. The average Bonchev–Trinajstić information content (AvgIpc) is 2.47. The smallest absolute Gasteiger partial charge is 0.356 e. The highest BCUT2D eigenvalue weighted by molar-refractivity contribution is 9.10. The van der Waals surface area contributed by atoms with Crippen molar-refractivity contribution in [2.24, 2.45) is 4.99 Å². The number of benzene rings is 1. The standard InChI is InChI=1S/C11H9BrN2O3/c1-17-11(16)10-7-4-6(12)2-3-8(7)14-9(15)5-13-10/h2-4H,5H2,1H3,(H,14,15). The highest BCUT2D eigenvalue weighted by Crippen LogP contribution is 2.23. The molecule has 1 aliphatic heterocycles. The normalized spacial score (nSPS) is 14.2. The van der Waals surface area contributed by atoms with Crippen molar-refractivity contribution in [3.8, 4) is 0 Å². The molecule has 1 aromatic carbocycles. The highest BCUT2D eigenvalue weighted by atomic mass is 79.9. The third-order valence-corrected chi connectivity index (χ3v) is 2.76. The van der Waals surface area contributed by atoms with Crippen LogP contribution in [0.3, 0.4) is 0 Å². The summed E-state index contributed by atoms with van der Waals surface area (Å²) >= 11 is 3.31. The number of anilines is 1. The predicted molar refractivity (Wildman–Crippen MR) is 66.2 cm³/mol. The number of rotatable bonds is 1. The number of hydrogen-bond acceptors (Lipinski definition) is 4. The number of aliphatic imine (C=N–C) groups is 1. The first-order valence-corrected chi connectivity index (χ1v) is 5.63. The number of nitrogens with zero attached hydrogens (tertiary/aromatic N) is 1. The summed E-state index contributed by atoms with van der Waals surface area (Å²) in [5.74, 6) is -0.812. The van der Waals surface area contributed by atoms with Gasteiger partial charge in [0.15, 0.2) is 5.71 Å². The SMILES string of the molecule is COC(=O)C1=NCC(=O)Nc2ccc(Br)cc21. The molecular formula is C11H9BrN2O3. The van der Waals surface area contributed by atoms with Gasteiger partial charge in [-0.3, -0.25) is 9.79 Å². The maximum Gasteiger partial charge on any atom is 0.356 e. The fraction of sp³-hybridized carbons (Fsp3) is 0.182. The number of hydrogen-bond donors (Lipinski definition) is 1. The van der Waals surface area contributed by atoms with Gasteiger partial charge in [-0.15, -0.1) is 0 Å². The van der Waals surface area contributed by atoms with E-state index >= 15 is 0 Å². The fourth-order valence-electron chi connectivity index (χ4n) is 1.52. The minimum Gasteiger partial charge on any atom is -0.464 e. The van der Waals surface area contributed by atoms with Gasteiger partial charge in [0, 0.05) is 10.0 Å². The molecule has 88 valence electrons. The molecule has 5 nitrogen and oxygen atoms in total. The van der Waals surface area contributed by atoms with Crippen molar-refractivity contribution in [1.29, 1.82) is 0 Å². The second-order valence-electron chi connectivity index (χ2n) is 3.39. The molecule has 6 heteroatoms. The van der Waals surface area contributed by atoms with E-state index in [9.17, 15) is 9.59 Å². The number of fused-ring (bicyclic) bond motifs is 1. The van der Waals surface area contributed by atoms with Gasteiger partial charge >= 0.3 is 5.97 Å². The molecule has 1 amide bonds. The number of methoxy groups -OCH3 is 1. The summed E-state index contributed by atoms with van der Waals surface area (Å²) in [5, 5.41) is 2.68. The Morgan fingerprint density at radius 3 is 3.00 bits per heavy atom. The summed E-state index contributed by atoms with van der Waals surface area (Å²) in [6.45, 7) is -0.0866. The number of carbonyl (C=O) groups excluding carboxylic acids is 2. The van der Waals surface area contributed by atoms with Crippen LogP contribution in [0.5, 0.6) is 0 Å². The fourth-order valence-corrected chi connectivity index (χ4v) is 1.88. The van der Waals surface area contributed by atoms with Crippen molar-refractivity contribution >= 4 is 39.2 Å². The van der Waals surface area contributed by atoms with Crippen LogP contribution in [0, 0.1) is 0 Å². The monoisotopic (exact) mass is 296 g/mol. The number of amides is 1. The van der Waals surface area contributed by atoms with Crippen LogP contribution in [0.4, 0.5) is 5.69 Å². The molecule has 0 atom stereocenters. The molecule has 0 saturated carbocycles. The maximum absolute atomic E-state index is 11.6. The maximum atomic E-state index is 11.6. The first-order valence-electron chi connectivity index (χ1n) is 4.84. The van der Waals surface area contributed by atoms with Gasteiger partial charge in [-0.05, 0) is 18.2 Å². The molecule has 1 aromatic rings. The number of benzodiazepines with no additional fused rings is 1. The Morgan fingerprint density at radius 1 is 1.53 bits per heavy atom. The minimum absolute atomic E-state index is 0.0866. The molecule has 0 aromatic heterocycles. The zero-order valence-corrected chi connectivity index (χ0v) is 10.6. The lowest BCUT2D eigenvalue weighted by Gasteiger charge is -2.08. The summed E-state index contributed by atoms with van der Waals surface area (Å²) < 4.78 is 5.45. The highest BCUT2D eigenvalue weighted by Gasteiger charge is 2.22. The van der Waals surface area contributed by atoms with Crippen molar-refractivity contribution in [2.75, 3.05) is 19.0 Å². The van der Waals surface area contributed by atoms with Gasteiger partial charge in [-0.1, -0.05) is 15.9 Å². The molecule has 2 rings (SSSR count). The molecule has 0 radical (unpaired) electrons. The summed E-state index contributed by atoms with van der Waals surface area (Å²) in [6.07, 6.45) is 0. The lowest BCUT2D eigenvalue weighted by atomic mass is 10.1. The van der Waals surface area contributed by atoms with E-state index in [1.807, 2.05) is 0 Å². The molecule has 1 N–H and O–H groups in total. The van der Waals surface area contributed by atoms with Crippen molar-refractivity contribution < 1.29 is 14.3 Å². The number of halogens is 1. The molecular weight excluding hydrogens is 288 g/mol. The zero-order valence-electron chi connectivity index (χ0n) is 8.99. The first kappa shape index (κ1) is 11.8. The van der Waals surface area contributed by atoms with Gasteiger partial charge in [0.25, 0.3) is 0 Å². The summed E-state index contributed by atoms with van der Waals surface area (Å²) in [7, 11) is 1.28. The van der Waals surface area contributed by atoms with E-state index in [0.29, 0.717) is 11.3 Å². The Kier molecular flexibility index (Phi) is 3.23. The third-order valence-electron chi connectivity index (χ3n) is 2.27. The molecule has 0 spiro atoms. The first-order chi connectivity index (χ1) is 8.11. The summed E-state index contributed by atoms with van der Waals surface area (Å²) in [5.41, 5.74) is 1.26. The Bertz CT molecular complexity index is 525. The number of esters is 1. The van der Waals surface area contributed by atoms with Gasteiger partial charge in [0.05, 0.1) is 12.8 Å². The van der Waals surface area contributed by atoms with Crippen LogP contribution in [-0.2, 0) is 14.3 Å². The van der Waals surface area contributed by atoms with E-state index in [2.05, 4.69) is 31.0 Å². The largest absolute Gasteiger partial charge is 0.464 e. The van der Waals surface area contributed by atoms with Gasteiger partial charge in [0.1, 0.15) is 6.54 Å². The minimum atomic E-state index is -0.555. The summed E-state index contributed by atoms with van der Waals surface area (Å²) in [4.78, 5) is 27.0. The Hall–Kier alpha value is -1.69. The van der Waals surface area contributed by atoms with Crippen LogP contribution in [0.2, 0.25) is 0 Å². The van der Waals surface area contributed by atoms with Crippen LogP contribution in [0.1, 0.15) is 5.56 Å². The second-order valence-corrected chi connectivity index (χ2v) is 4.31. The van der Waals surface area contributed by atoms with Gasteiger partial charge in [-0.2, -0.15) is 0 Å². The number of ether oxygens (including phenoxy) is 1. The predicted octanol–water partition coefficient (Wildman–Crippen LogP) is 1.36. The lowest BCUT2D eigenvalue weighted by Crippen LogP contribution is -2.17. The lowest BCUT2D eigenvalue weighted by molar-refractivity contribution is -0.132. The van der Waals surface area contributed by atoms with Crippen molar-refractivity contribution in [2.45, 2.75) is 0 Å². The molecule has 1 aliphatic rings. The van der Waals surface area contributed by atoms with E-state index in [-0.39, 0.29) is 18.2 Å². The Morgan fingerprint density at radius 2 is 2.29 bits per heavy atom. The molecule has 17 heavy (non-hydrogen) atoms. The topological polar surface area (TPSA) is 67.8 Å². The average molecular weight is 297 g/mol. The van der Waals surface area contributed by atoms with Gasteiger partial charge in [-0.25, -0.2) is 4.79 Å². The van der Waals surface area contributed by atoms with E-state index in [1.165, 1.54) is 7.11 Å².